The number of nitrogens with one attached hydrogen (secondary N) is 1. The smallest absolute Gasteiger partial charge is 0.251 e. The number of rotatable bonds is 3. The first kappa shape index (κ1) is 15.8. The molecule has 0 unspecified atom stereocenters. The van der Waals surface area contributed by atoms with Crippen molar-refractivity contribution in [3.05, 3.63) is 64.9 Å². The van der Waals surface area contributed by atoms with Crippen molar-refractivity contribution in [3.63, 3.8) is 0 Å². The van der Waals surface area contributed by atoms with Crippen molar-refractivity contribution in [1.82, 2.24) is 5.32 Å². The van der Waals surface area contributed by atoms with Gasteiger partial charge < -0.3 is 10.2 Å². The van der Waals surface area contributed by atoms with E-state index >= 15 is 0 Å². The molecule has 1 saturated heterocycles. The molecule has 1 N–H and O–H groups in total. The van der Waals surface area contributed by atoms with Crippen LogP contribution >= 0.6 is 11.6 Å². The SMILES string of the molecule is O=C(NC1CCN(c2cccc(F)c2)CC1)c1cccc(Cl)c1. The zero-order valence-electron chi connectivity index (χ0n) is 12.6. The largest absolute Gasteiger partial charge is 0.371 e. The van der Waals surface area contributed by atoms with Crippen LogP contribution in [0.15, 0.2) is 48.5 Å². The van der Waals surface area contributed by atoms with E-state index in [1.54, 1.807) is 36.4 Å². The molecular formula is C18H18ClFN2O. The first-order valence-electron chi connectivity index (χ1n) is 7.69. The number of benzene rings is 2. The number of hydrogen-bond donors (Lipinski definition) is 1. The molecule has 0 saturated carbocycles. The average Bonchev–Trinajstić information content (AvgIpc) is 2.55. The molecule has 0 spiro atoms. The van der Waals surface area contributed by atoms with Gasteiger partial charge >= 0.3 is 0 Å². The number of anilines is 1. The van der Waals surface area contributed by atoms with Gasteiger partial charge in [-0.05, 0) is 49.2 Å². The summed E-state index contributed by atoms with van der Waals surface area (Å²) < 4.78 is 13.3. The van der Waals surface area contributed by atoms with Gasteiger partial charge in [0.25, 0.3) is 5.91 Å². The highest BCUT2D eigenvalue weighted by atomic mass is 35.5. The molecule has 3 nitrogen and oxygen atoms in total. The first-order valence-corrected chi connectivity index (χ1v) is 8.06. The Morgan fingerprint density at radius 1 is 1.13 bits per heavy atom. The highest BCUT2D eigenvalue weighted by Gasteiger charge is 2.21. The van der Waals surface area contributed by atoms with Gasteiger partial charge in [0.15, 0.2) is 0 Å². The minimum absolute atomic E-state index is 0.100. The summed E-state index contributed by atoms with van der Waals surface area (Å²) in [5.41, 5.74) is 1.47. The maximum Gasteiger partial charge on any atom is 0.251 e. The minimum atomic E-state index is -0.223. The molecule has 1 fully saturated rings. The van der Waals surface area contributed by atoms with Crippen LogP contribution in [0, 0.1) is 5.82 Å². The van der Waals surface area contributed by atoms with E-state index < -0.39 is 0 Å². The van der Waals surface area contributed by atoms with Crippen molar-refractivity contribution in [2.75, 3.05) is 18.0 Å². The first-order chi connectivity index (χ1) is 11.1. The van der Waals surface area contributed by atoms with Gasteiger partial charge in [-0.2, -0.15) is 0 Å². The Hall–Kier alpha value is -2.07. The molecule has 120 valence electrons. The summed E-state index contributed by atoms with van der Waals surface area (Å²) in [5, 5.41) is 3.60. The second-order valence-corrected chi connectivity index (χ2v) is 6.16. The van der Waals surface area contributed by atoms with Crippen molar-refractivity contribution < 1.29 is 9.18 Å². The molecule has 1 heterocycles. The van der Waals surface area contributed by atoms with E-state index in [1.807, 2.05) is 6.07 Å². The lowest BCUT2D eigenvalue weighted by atomic mass is 10.0. The van der Waals surface area contributed by atoms with E-state index in [0.29, 0.717) is 10.6 Å². The normalized spacial score (nSPS) is 15.5. The maximum atomic E-state index is 13.3. The Balaban J connectivity index is 1.56. The predicted molar refractivity (Wildman–Crippen MR) is 90.6 cm³/mol. The topological polar surface area (TPSA) is 32.3 Å². The highest BCUT2D eigenvalue weighted by Crippen LogP contribution is 2.21. The maximum absolute atomic E-state index is 13.3. The number of amides is 1. The van der Waals surface area contributed by atoms with Crippen LogP contribution < -0.4 is 10.2 Å². The third kappa shape index (κ3) is 4.02. The van der Waals surface area contributed by atoms with Crippen molar-refractivity contribution in [2.24, 2.45) is 0 Å². The van der Waals surface area contributed by atoms with E-state index in [4.69, 9.17) is 11.6 Å². The molecule has 1 aliphatic rings. The van der Waals surface area contributed by atoms with Crippen molar-refractivity contribution in [3.8, 4) is 0 Å². The minimum Gasteiger partial charge on any atom is -0.371 e. The summed E-state index contributed by atoms with van der Waals surface area (Å²) in [5.74, 6) is -0.324. The quantitative estimate of drug-likeness (QED) is 0.925. The standard InChI is InChI=1S/C18H18ClFN2O/c19-14-4-1-3-13(11-14)18(23)21-16-7-9-22(10-8-16)17-6-2-5-15(20)12-17/h1-6,11-12,16H,7-10H2,(H,21,23). The van der Waals surface area contributed by atoms with Gasteiger partial charge in [0.05, 0.1) is 0 Å². The molecule has 0 radical (unpaired) electrons. The summed E-state index contributed by atoms with van der Waals surface area (Å²) in [4.78, 5) is 14.4. The van der Waals surface area contributed by atoms with Crippen LogP contribution in [0.2, 0.25) is 5.02 Å². The Morgan fingerprint density at radius 2 is 1.87 bits per heavy atom. The van der Waals surface area contributed by atoms with Gasteiger partial charge in [0.2, 0.25) is 0 Å². The number of piperidine rings is 1. The molecule has 1 amide bonds. The van der Waals surface area contributed by atoms with Crippen LogP contribution in [0.5, 0.6) is 0 Å². The average molecular weight is 333 g/mol. The summed E-state index contributed by atoms with van der Waals surface area (Å²) >= 11 is 5.91. The van der Waals surface area contributed by atoms with Crippen molar-refractivity contribution in [1.29, 1.82) is 0 Å². The third-order valence-electron chi connectivity index (χ3n) is 4.09. The molecule has 0 atom stereocenters. The van der Waals surface area contributed by atoms with Crippen LogP contribution in [0.4, 0.5) is 10.1 Å². The molecule has 0 bridgehead atoms. The number of nitrogens with zero attached hydrogens (tertiary/aromatic N) is 1. The van der Waals surface area contributed by atoms with Crippen LogP contribution in [0.25, 0.3) is 0 Å². The monoisotopic (exact) mass is 332 g/mol. The summed E-state index contributed by atoms with van der Waals surface area (Å²) in [6, 6.07) is 13.7. The van der Waals surface area contributed by atoms with Gasteiger partial charge in [-0.1, -0.05) is 23.7 Å². The fourth-order valence-electron chi connectivity index (χ4n) is 2.85. The fraction of sp³-hybridized carbons (Fsp3) is 0.278. The number of carbonyl (C=O) groups is 1. The summed E-state index contributed by atoms with van der Waals surface area (Å²) in [6.45, 7) is 1.59. The lowest BCUT2D eigenvalue weighted by Gasteiger charge is -2.34. The van der Waals surface area contributed by atoms with E-state index in [0.717, 1.165) is 31.6 Å². The predicted octanol–water partition coefficient (Wildman–Crippen LogP) is 3.88. The second kappa shape index (κ2) is 7.01. The van der Waals surface area contributed by atoms with Crippen molar-refractivity contribution >= 4 is 23.2 Å². The lowest BCUT2D eigenvalue weighted by Crippen LogP contribution is -2.44. The number of carbonyl (C=O) groups excluding carboxylic acids is 1. The van der Waals surface area contributed by atoms with Gasteiger partial charge in [-0.15, -0.1) is 0 Å². The van der Waals surface area contributed by atoms with Crippen molar-refractivity contribution in [2.45, 2.75) is 18.9 Å². The molecule has 2 aromatic rings. The van der Waals surface area contributed by atoms with E-state index in [9.17, 15) is 9.18 Å². The summed E-state index contributed by atoms with van der Waals surface area (Å²) in [7, 11) is 0. The molecule has 0 aromatic heterocycles. The lowest BCUT2D eigenvalue weighted by molar-refractivity contribution is 0.0931. The van der Waals surface area contributed by atoms with Crippen LogP contribution in [-0.4, -0.2) is 25.0 Å². The van der Waals surface area contributed by atoms with Gasteiger partial charge in [-0.3, -0.25) is 4.79 Å². The third-order valence-corrected chi connectivity index (χ3v) is 4.33. The van der Waals surface area contributed by atoms with Gasteiger partial charge in [0, 0.05) is 35.4 Å². The Morgan fingerprint density at radius 3 is 2.57 bits per heavy atom. The zero-order chi connectivity index (χ0) is 16.2. The van der Waals surface area contributed by atoms with Crippen LogP contribution in [0.3, 0.4) is 0 Å². The molecule has 2 aromatic carbocycles. The molecule has 0 aliphatic carbocycles. The van der Waals surface area contributed by atoms with Crippen LogP contribution in [-0.2, 0) is 0 Å². The molecule has 3 rings (SSSR count). The Kier molecular flexibility index (Phi) is 4.82. The molecule has 1 aliphatic heterocycles. The molecule has 5 heteroatoms. The van der Waals surface area contributed by atoms with E-state index in [1.165, 1.54) is 6.07 Å². The molecular weight excluding hydrogens is 315 g/mol. The zero-order valence-corrected chi connectivity index (χ0v) is 13.4. The second-order valence-electron chi connectivity index (χ2n) is 5.73. The molecule has 23 heavy (non-hydrogen) atoms. The summed E-state index contributed by atoms with van der Waals surface area (Å²) in [6.07, 6.45) is 1.67. The highest BCUT2D eigenvalue weighted by molar-refractivity contribution is 6.30. The van der Waals surface area contributed by atoms with Crippen LogP contribution in [0.1, 0.15) is 23.2 Å². The Bertz CT molecular complexity index is 699. The van der Waals surface area contributed by atoms with Gasteiger partial charge in [-0.25, -0.2) is 4.39 Å². The van der Waals surface area contributed by atoms with Gasteiger partial charge in [0.1, 0.15) is 5.82 Å². The Labute approximate surface area is 140 Å². The van der Waals surface area contributed by atoms with E-state index in [-0.39, 0.29) is 17.8 Å². The fourth-order valence-corrected chi connectivity index (χ4v) is 3.04. The van der Waals surface area contributed by atoms with E-state index in [2.05, 4.69) is 10.2 Å². The number of halogens is 2. The number of hydrogen-bond acceptors (Lipinski definition) is 2.